The van der Waals surface area contributed by atoms with Crippen molar-refractivity contribution in [2.45, 2.75) is 0 Å². The molecule has 0 aliphatic carbocycles. The SMILES string of the molecule is Clc1cccc(-n2nccc2-c2ccncc2)c1. The topological polar surface area (TPSA) is 30.7 Å². The molecule has 0 fully saturated rings. The lowest BCUT2D eigenvalue weighted by Gasteiger charge is -2.07. The Morgan fingerprint density at radius 1 is 0.944 bits per heavy atom. The van der Waals surface area contributed by atoms with Crippen LogP contribution in [0.15, 0.2) is 61.1 Å². The Bertz CT molecular complexity index is 662. The van der Waals surface area contributed by atoms with E-state index in [4.69, 9.17) is 11.6 Å². The lowest BCUT2D eigenvalue weighted by molar-refractivity contribution is 0.888. The van der Waals surface area contributed by atoms with Crippen molar-refractivity contribution in [3.8, 4) is 16.9 Å². The smallest absolute Gasteiger partial charge is 0.0742 e. The van der Waals surface area contributed by atoms with E-state index in [1.165, 1.54) is 0 Å². The van der Waals surface area contributed by atoms with E-state index < -0.39 is 0 Å². The highest BCUT2D eigenvalue weighted by molar-refractivity contribution is 6.30. The molecule has 1 aromatic carbocycles. The van der Waals surface area contributed by atoms with E-state index in [1.807, 2.05) is 47.1 Å². The molecule has 0 spiro atoms. The summed E-state index contributed by atoms with van der Waals surface area (Å²) in [5.41, 5.74) is 3.03. The van der Waals surface area contributed by atoms with E-state index in [1.54, 1.807) is 18.6 Å². The summed E-state index contributed by atoms with van der Waals surface area (Å²) in [6.07, 6.45) is 5.31. The summed E-state index contributed by atoms with van der Waals surface area (Å²) in [5, 5.41) is 5.04. The van der Waals surface area contributed by atoms with Crippen LogP contribution < -0.4 is 0 Å². The molecule has 0 aliphatic heterocycles. The zero-order valence-electron chi connectivity index (χ0n) is 9.49. The van der Waals surface area contributed by atoms with Gasteiger partial charge in [0.05, 0.1) is 17.6 Å². The Labute approximate surface area is 110 Å². The third-order valence-electron chi connectivity index (χ3n) is 2.67. The fourth-order valence-electron chi connectivity index (χ4n) is 1.86. The number of rotatable bonds is 2. The molecule has 0 N–H and O–H groups in total. The third-order valence-corrected chi connectivity index (χ3v) is 2.91. The van der Waals surface area contributed by atoms with Crippen LogP contribution in [0.4, 0.5) is 0 Å². The maximum atomic E-state index is 6.01. The summed E-state index contributed by atoms with van der Waals surface area (Å²) < 4.78 is 1.86. The molecule has 0 saturated carbocycles. The van der Waals surface area contributed by atoms with Gasteiger partial charge < -0.3 is 0 Å². The van der Waals surface area contributed by atoms with Crippen LogP contribution >= 0.6 is 11.6 Å². The monoisotopic (exact) mass is 255 g/mol. The van der Waals surface area contributed by atoms with Crippen molar-refractivity contribution >= 4 is 11.6 Å². The van der Waals surface area contributed by atoms with Crippen LogP contribution in [0.3, 0.4) is 0 Å². The van der Waals surface area contributed by atoms with E-state index in [9.17, 15) is 0 Å². The minimum atomic E-state index is 0.698. The highest BCUT2D eigenvalue weighted by Crippen LogP contribution is 2.22. The van der Waals surface area contributed by atoms with E-state index in [2.05, 4.69) is 10.1 Å². The molecule has 2 aromatic heterocycles. The minimum absolute atomic E-state index is 0.698. The highest BCUT2D eigenvalue weighted by Gasteiger charge is 2.07. The average Bonchev–Trinajstić information content (AvgIpc) is 2.89. The molecule has 0 amide bonds. The standard InChI is InChI=1S/C14H10ClN3/c15-12-2-1-3-13(10-12)18-14(6-9-17-18)11-4-7-16-8-5-11/h1-10H. The summed E-state index contributed by atoms with van der Waals surface area (Å²) in [6, 6.07) is 13.5. The summed E-state index contributed by atoms with van der Waals surface area (Å²) in [4.78, 5) is 4.02. The Kier molecular flexibility index (Phi) is 2.82. The van der Waals surface area contributed by atoms with Gasteiger partial charge in [-0.05, 0) is 36.4 Å². The zero-order valence-corrected chi connectivity index (χ0v) is 10.2. The first-order valence-corrected chi connectivity index (χ1v) is 5.93. The molecule has 0 aliphatic rings. The Balaban J connectivity index is 2.13. The number of halogens is 1. The number of nitrogens with zero attached hydrogens (tertiary/aromatic N) is 3. The fraction of sp³-hybridized carbons (Fsp3) is 0. The number of pyridine rings is 1. The van der Waals surface area contributed by atoms with Crippen LogP contribution in [0, 0.1) is 0 Å². The van der Waals surface area contributed by atoms with Gasteiger partial charge in [0.15, 0.2) is 0 Å². The van der Waals surface area contributed by atoms with Gasteiger partial charge in [-0.2, -0.15) is 5.10 Å². The molecule has 18 heavy (non-hydrogen) atoms. The van der Waals surface area contributed by atoms with Crippen LogP contribution in [0.2, 0.25) is 5.02 Å². The van der Waals surface area contributed by atoms with E-state index in [0.29, 0.717) is 5.02 Å². The van der Waals surface area contributed by atoms with Crippen LogP contribution in [0.25, 0.3) is 16.9 Å². The van der Waals surface area contributed by atoms with Gasteiger partial charge in [-0.1, -0.05) is 17.7 Å². The van der Waals surface area contributed by atoms with Crippen molar-refractivity contribution < 1.29 is 0 Å². The molecule has 3 rings (SSSR count). The Morgan fingerprint density at radius 2 is 1.78 bits per heavy atom. The molecule has 88 valence electrons. The summed E-state index contributed by atoms with van der Waals surface area (Å²) >= 11 is 6.01. The van der Waals surface area contributed by atoms with Crippen molar-refractivity contribution in [3.63, 3.8) is 0 Å². The number of benzene rings is 1. The van der Waals surface area contributed by atoms with Crippen molar-refractivity contribution in [1.29, 1.82) is 0 Å². The van der Waals surface area contributed by atoms with Gasteiger partial charge in [-0.3, -0.25) is 4.98 Å². The maximum absolute atomic E-state index is 6.01. The second-order valence-electron chi connectivity index (χ2n) is 3.84. The normalized spacial score (nSPS) is 10.5. The minimum Gasteiger partial charge on any atom is -0.265 e. The predicted octanol–water partition coefficient (Wildman–Crippen LogP) is 3.59. The van der Waals surface area contributed by atoms with Crippen molar-refractivity contribution in [1.82, 2.24) is 14.8 Å². The van der Waals surface area contributed by atoms with Gasteiger partial charge >= 0.3 is 0 Å². The second kappa shape index (κ2) is 4.63. The molecule has 0 radical (unpaired) electrons. The molecule has 4 heteroatoms. The summed E-state index contributed by atoms with van der Waals surface area (Å²) in [6.45, 7) is 0. The first-order chi connectivity index (χ1) is 8.84. The van der Waals surface area contributed by atoms with Crippen LogP contribution in [0.5, 0.6) is 0 Å². The summed E-state index contributed by atoms with van der Waals surface area (Å²) in [7, 11) is 0. The lowest BCUT2D eigenvalue weighted by atomic mass is 10.2. The van der Waals surface area contributed by atoms with Crippen molar-refractivity contribution in [2.75, 3.05) is 0 Å². The van der Waals surface area contributed by atoms with E-state index >= 15 is 0 Å². The van der Waals surface area contributed by atoms with Gasteiger partial charge in [0.1, 0.15) is 0 Å². The van der Waals surface area contributed by atoms with Crippen molar-refractivity contribution in [2.24, 2.45) is 0 Å². The molecule has 0 bridgehead atoms. The third kappa shape index (κ3) is 2.00. The highest BCUT2D eigenvalue weighted by atomic mass is 35.5. The molecule has 2 heterocycles. The number of hydrogen-bond donors (Lipinski definition) is 0. The largest absolute Gasteiger partial charge is 0.265 e. The molecule has 0 unspecified atom stereocenters. The van der Waals surface area contributed by atoms with Gasteiger partial charge in [0.2, 0.25) is 0 Å². The molecule has 0 atom stereocenters. The number of hydrogen-bond acceptors (Lipinski definition) is 2. The molecular weight excluding hydrogens is 246 g/mol. The number of aromatic nitrogens is 3. The van der Waals surface area contributed by atoms with Crippen LogP contribution in [-0.4, -0.2) is 14.8 Å². The Hall–Kier alpha value is -2.13. The summed E-state index contributed by atoms with van der Waals surface area (Å²) in [5.74, 6) is 0. The van der Waals surface area contributed by atoms with Gasteiger partial charge in [-0.25, -0.2) is 4.68 Å². The van der Waals surface area contributed by atoms with Crippen LogP contribution in [0.1, 0.15) is 0 Å². The second-order valence-corrected chi connectivity index (χ2v) is 4.28. The van der Waals surface area contributed by atoms with E-state index in [0.717, 1.165) is 16.9 Å². The average molecular weight is 256 g/mol. The fourth-order valence-corrected chi connectivity index (χ4v) is 2.04. The Morgan fingerprint density at radius 3 is 2.56 bits per heavy atom. The molecule has 3 nitrogen and oxygen atoms in total. The molecule has 0 saturated heterocycles. The van der Waals surface area contributed by atoms with Gasteiger partial charge in [0, 0.05) is 23.0 Å². The maximum Gasteiger partial charge on any atom is 0.0742 e. The van der Waals surface area contributed by atoms with E-state index in [-0.39, 0.29) is 0 Å². The zero-order chi connectivity index (χ0) is 12.4. The van der Waals surface area contributed by atoms with Gasteiger partial charge in [-0.15, -0.1) is 0 Å². The van der Waals surface area contributed by atoms with Crippen LogP contribution in [-0.2, 0) is 0 Å². The predicted molar refractivity (Wildman–Crippen MR) is 71.8 cm³/mol. The first-order valence-electron chi connectivity index (χ1n) is 5.55. The molecular formula is C14H10ClN3. The molecule has 3 aromatic rings. The lowest BCUT2D eigenvalue weighted by Crippen LogP contribution is -1.98. The van der Waals surface area contributed by atoms with Crippen molar-refractivity contribution in [3.05, 3.63) is 66.1 Å². The van der Waals surface area contributed by atoms with Gasteiger partial charge in [0.25, 0.3) is 0 Å². The quantitative estimate of drug-likeness (QED) is 0.701. The first kappa shape index (κ1) is 11.0.